The average molecular weight is 406 g/mol. The van der Waals surface area contributed by atoms with Gasteiger partial charge >= 0.3 is 0 Å². The molecule has 0 radical (unpaired) electrons. The summed E-state index contributed by atoms with van der Waals surface area (Å²) in [5.74, 6) is 0.0820. The number of benzene rings is 2. The summed E-state index contributed by atoms with van der Waals surface area (Å²) < 4.78 is 33.3. The number of ether oxygens (including phenoxy) is 1. The molecule has 0 spiro atoms. The van der Waals surface area contributed by atoms with Crippen molar-refractivity contribution in [3.63, 3.8) is 0 Å². The van der Waals surface area contributed by atoms with Crippen molar-refractivity contribution in [3.05, 3.63) is 48.0 Å². The standard InChI is InChI=1S/C20H27N3O4S/c1-14(12-16-6-8-17(9-7-16)23(3)4)22-28(25,26)18-10-11-20(27-5)19(13-18)21-15(2)24/h6-11,13-14,22H,12H2,1-5H3,(H,21,24). The maximum absolute atomic E-state index is 12.7. The maximum Gasteiger partial charge on any atom is 0.240 e. The van der Waals surface area contributed by atoms with Crippen LogP contribution < -0.4 is 19.7 Å². The molecule has 0 bridgehead atoms. The number of methoxy groups -OCH3 is 1. The van der Waals surface area contributed by atoms with Crippen LogP contribution in [0.4, 0.5) is 11.4 Å². The van der Waals surface area contributed by atoms with Gasteiger partial charge in [0, 0.05) is 32.7 Å². The first kappa shape index (κ1) is 21.7. The normalized spacial score (nSPS) is 12.3. The SMILES string of the molecule is COc1ccc(S(=O)(=O)NC(C)Cc2ccc(N(C)C)cc2)cc1NC(C)=O. The number of carbonyl (C=O) groups is 1. The Morgan fingerprint density at radius 3 is 2.32 bits per heavy atom. The summed E-state index contributed by atoms with van der Waals surface area (Å²) in [4.78, 5) is 13.4. The van der Waals surface area contributed by atoms with E-state index in [4.69, 9.17) is 4.74 Å². The van der Waals surface area contributed by atoms with Gasteiger partial charge in [-0.05, 0) is 49.2 Å². The van der Waals surface area contributed by atoms with Crippen LogP contribution in [-0.4, -0.2) is 41.6 Å². The largest absolute Gasteiger partial charge is 0.495 e. The summed E-state index contributed by atoms with van der Waals surface area (Å²) in [6.07, 6.45) is 0.557. The second-order valence-corrected chi connectivity index (χ2v) is 8.54. The maximum atomic E-state index is 12.7. The minimum atomic E-state index is -3.75. The first-order valence-electron chi connectivity index (χ1n) is 8.86. The summed E-state index contributed by atoms with van der Waals surface area (Å²) in [5, 5.41) is 2.58. The van der Waals surface area contributed by atoms with Gasteiger partial charge in [0.1, 0.15) is 5.75 Å². The predicted octanol–water partition coefficient (Wildman–Crippen LogP) is 2.63. The van der Waals surface area contributed by atoms with Gasteiger partial charge in [0.15, 0.2) is 0 Å². The molecule has 0 saturated heterocycles. The molecule has 7 nitrogen and oxygen atoms in total. The highest BCUT2D eigenvalue weighted by atomic mass is 32.2. The van der Waals surface area contributed by atoms with Gasteiger partial charge in [-0.25, -0.2) is 13.1 Å². The molecule has 28 heavy (non-hydrogen) atoms. The third-order valence-corrected chi connectivity index (χ3v) is 5.73. The molecular weight excluding hydrogens is 378 g/mol. The summed E-state index contributed by atoms with van der Waals surface area (Å²) >= 11 is 0. The lowest BCUT2D eigenvalue weighted by Gasteiger charge is -2.17. The first-order chi connectivity index (χ1) is 13.1. The number of anilines is 2. The number of rotatable bonds is 8. The van der Waals surface area contributed by atoms with E-state index in [2.05, 4.69) is 10.0 Å². The summed E-state index contributed by atoms with van der Waals surface area (Å²) in [7, 11) is 1.64. The summed E-state index contributed by atoms with van der Waals surface area (Å²) in [6, 6.07) is 12.0. The number of hydrogen-bond donors (Lipinski definition) is 2. The topological polar surface area (TPSA) is 87.7 Å². The van der Waals surface area contributed by atoms with Crippen LogP contribution in [-0.2, 0) is 21.2 Å². The Kier molecular flexibility index (Phi) is 7.04. The van der Waals surface area contributed by atoms with Crippen molar-refractivity contribution in [3.8, 4) is 5.75 Å². The Balaban J connectivity index is 2.14. The van der Waals surface area contributed by atoms with Crippen molar-refractivity contribution in [1.29, 1.82) is 0 Å². The molecule has 1 amide bonds. The van der Waals surface area contributed by atoms with Crippen LogP contribution >= 0.6 is 0 Å². The fraction of sp³-hybridized carbons (Fsp3) is 0.350. The van der Waals surface area contributed by atoms with Gasteiger partial charge in [-0.3, -0.25) is 4.79 Å². The van der Waals surface area contributed by atoms with Crippen molar-refractivity contribution < 1.29 is 17.9 Å². The summed E-state index contributed by atoms with van der Waals surface area (Å²) in [6.45, 7) is 3.16. The fourth-order valence-corrected chi connectivity index (χ4v) is 4.07. The molecule has 0 aliphatic carbocycles. The number of nitrogens with zero attached hydrogens (tertiary/aromatic N) is 1. The molecule has 2 aromatic rings. The zero-order valence-corrected chi connectivity index (χ0v) is 17.6. The smallest absolute Gasteiger partial charge is 0.240 e. The molecule has 0 heterocycles. The molecule has 2 rings (SSSR count). The van der Waals surface area contributed by atoms with E-state index in [1.165, 1.54) is 32.2 Å². The van der Waals surface area contributed by atoms with Gasteiger partial charge < -0.3 is 15.0 Å². The van der Waals surface area contributed by atoms with Crippen LogP contribution in [0, 0.1) is 0 Å². The molecular formula is C20H27N3O4S. The lowest BCUT2D eigenvalue weighted by atomic mass is 10.1. The number of nitrogens with one attached hydrogen (secondary N) is 2. The van der Waals surface area contributed by atoms with Crippen molar-refractivity contribution in [2.75, 3.05) is 31.4 Å². The third kappa shape index (κ3) is 5.71. The molecule has 0 saturated carbocycles. The van der Waals surface area contributed by atoms with Crippen molar-refractivity contribution >= 4 is 27.3 Å². The molecule has 1 atom stereocenters. The Morgan fingerprint density at radius 2 is 1.79 bits per heavy atom. The fourth-order valence-electron chi connectivity index (χ4n) is 2.80. The minimum Gasteiger partial charge on any atom is -0.495 e. The van der Waals surface area contributed by atoms with Crippen LogP contribution in [0.25, 0.3) is 0 Å². The highest BCUT2D eigenvalue weighted by molar-refractivity contribution is 7.89. The van der Waals surface area contributed by atoms with Crippen molar-refractivity contribution in [2.45, 2.75) is 31.2 Å². The van der Waals surface area contributed by atoms with Gasteiger partial charge in [0.25, 0.3) is 0 Å². The van der Waals surface area contributed by atoms with Crippen LogP contribution in [0.5, 0.6) is 5.75 Å². The third-order valence-electron chi connectivity index (χ3n) is 4.14. The zero-order chi connectivity index (χ0) is 20.9. The molecule has 152 valence electrons. The van der Waals surface area contributed by atoms with E-state index in [0.717, 1.165) is 11.3 Å². The number of hydrogen-bond acceptors (Lipinski definition) is 5. The molecule has 8 heteroatoms. The Morgan fingerprint density at radius 1 is 1.14 bits per heavy atom. The quantitative estimate of drug-likeness (QED) is 0.705. The molecule has 2 N–H and O–H groups in total. The highest BCUT2D eigenvalue weighted by Gasteiger charge is 2.20. The van der Waals surface area contributed by atoms with Gasteiger partial charge in [-0.1, -0.05) is 12.1 Å². The van der Waals surface area contributed by atoms with Crippen LogP contribution in [0.3, 0.4) is 0 Å². The van der Waals surface area contributed by atoms with E-state index in [-0.39, 0.29) is 16.8 Å². The Hall–Kier alpha value is -2.58. The van der Waals surface area contributed by atoms with Crippen LogP contribution in [0.15, 0.2) is 47.4 Å². The molecule has 0 aliphatic heterocycles. The van der Waals surface area contributed by atoms with E-state index < -0.39 is 10.0 Å². The molecule has 0 aliphatic rings. The zero-order valence-electron chi connectivity index (χ0n) is 16.8. The highest BCUT2D eigenvalue weighted by Crippen LogP contribution is 2.27. The second kappa shape index (κ2) is 9.07. The molecule has 0 fully saturated rings. The van der Waals surface area contributed by atoms with Gasteiger partial charge in [-0.15, -0.1) is 0 Å². The Bertz CT molecular complexity index is 925. The van der Waals surface area contributed by atoms with Crippen molar-refractivity contribution in [1.82, 2.24) is 4.72 Å². The van der Waals surface area contributed by atoms with Gasteiger partial charge in [0.2, 0.25) is 15.9 Å². The monoisotopic (exact) mass is 405 g/mol. The number of sulfonamides is 1. The first-order valence-corrected chi connectivity index (χ1v) is 10.3. The molecule has 0 aromatic heterocycles. The number of carbonyl (C=O) groups excluding carboxylic acids is 1. The lowest BCUT2D eigenvalue weighted by Crippen LogP contribution is -2.34. The van der Waals surface area contributed by atoms with E-state index in [9.17, 15) is 13.2 Å². The van der Waals surface area contributed by atoms with Crippen LogP contribution in [0.1, 0.15) is 19.4 Å². The van der Waals surface area contributed by atoms with E-state index >= 15 is 0 Å². The summed E-state index contributed by atoms with van der Waals surface area (Å²) in [5.41, 5.74) is 2.43. The van der Waals surface area contributed by atoms with Gasteiger partial charge in [0.05, 0.1) is 17.7 Å². The van der Waals surface area contributed by atoms with Gasteiger partial charge in [-0.2, -0.15) is 0 Å². The Labute approximate surface area is 166 Å². The average Bonchev–Trinajstić information content (AvgIpc) is 2.61. The van der Waals surface area contributed by atoms with E-state index in [0.29, 0.717) is 17.9 Å². The minimum absolute atomic E-state index is 0.0619. The van der Waals surface area contributed by atoms with E-state index in [1.807, 2.05) is 50.2 Å². The molecule has 1 unspecified atom stereocenters. The van der Waals surface area contributed by atoms with Crippen molar-refractivity contribution in [2.24, 2.45) is 0 Å². The molecule has 2 aromatic carbocycles. The van der Waals surface area contributed by atoms with E-state index in [1.54, 1.807) is 0 Å². The number of amides is 1. The van der Waals surface area contributed by atoms with Crippen LogP contribution in [0.2, 0.25) is 0 Å². The lowest BCUT2D eigenvalue weighted by molar-refractivity contribution is -0.114. The second-order valence-electron chi connectivity index (χ2n) is 6.83. The predicted molar refractivity (Wildman–Crippen MR) is 112 cm³/mol.